The van der Waals surface area contributed by atoms with Crippen molar-refractivity contribution in [1.82, 2.24) is 4.57 Å². The summed E-state index contributed by atoms with van der Waals surface area (Å²) >= 11 is 9.51. The standard InChI is InChI=1S/C11H11BrClNO/c1-15-5-4-14-3-2-9-10(12)6-8(13)7-11(9)14/h2-3,6-7H,4-5H2,1H3. The molecule has 0 aliphatic heterocycles. The second-order valence-corrected chi connectivity index (χ2v) is 4.61. The third-order valence-corrected chi connectivity index (χ3v) is 3.21. The summed E-state index contributed by atoms with van der Waals surface area (Å²) < 4.78 is 8.22. The molecule has 2 aromatic rings. The number of halogens is 2. The van der Waals surface area contributed by atoms with Crippen molar-refractivity contribution in [2.75, 3.05) is 13.7 Å². The second-order valence-electron chi connectivity index (χ2n) is 3.32. The van der Waals surface area contributed by atoms with Crippen molar-refractivity contribution in [3.05, 3.63) is 33.9 Å². The Balaban J connectivity index is 2.49. The van der Waals surface area contributed by atoms with Gasteiger partial charge in [-0.15, -0.1) is 0 Å². The highest BCUT2D eigenvalue weighted by molar-refractivity contribution is 9.10. The van der Waals surface area contributed by atoms with Crippen molar-refractivity contribution in [2.24, 2.45) is 0 Å². The predicted molar refractivity (Wildman–Crippen MR) is 66.5 cm³/mol. The molecule has 0 unspecified atom stereocenters. The number of hydrogen-bond donors (Lipinski definition) is 0. The van der Waals surface area contributed by atoms with Crippen molar-refractivity contribution in [1.29, 1.82) is 0 Å². The first-order valence-corrected chi connectivity index (χ1v) is 5.82. The highest BCUT2D eigenvalue weighted by atomic mass is 79.9. The maximum Gasteiger partial charge on any atom is 0.0641 e. The Kier molecular flexibility index (Phi) is 3.34. The summed E-state index contributed by atoms with van der Waals surface area (Å²) in [5.74, 6) is 0. The number of rotatable bonds is 3. The van der Waals surface area contributed by atoms with E-state index < -0.39 is 0 Å². The van der Waals surface area contributed by atoms with Gasteiger partial charge in [0.25, 0.3) is 0 Å². The molecule has 80 valence electrons. The molecule has 4 heteroatoms. The summed E-state index contributed by atoms with van der Waals surface area (Å²) in [6.45, 7) is 1.54. The summed E-state index contributed by atoms with van der Waals surface area (Å²) in [5.41, 5.74) is 1.13. The molecule has 1 aromatic carbocycles. The molecule has 0 amide bonds. The van der Waals surface area contributed by atoms with Gasteiger partial charge in [-0.25, -0.2) is 0 Å². The molecule has 0 bridgehead atoms. The summed E-state index contributed by atoms with van der Waals surface area (Å²) in [6, 6.07) is 5.95. The molecular weight excluding hydrogens is 277 g/mol. The lowest BCUT2D eigenvalue weighted by molar-refractivity contribution is 0.188. The normalized spacial score (nSPS) is 11.1. The van der Waals surface area contributed by atoms with Crippen molar-refractivity contribution in [3.63, 3.8) is 0 Å². The smallest absolute Gasteiger partial charge is 0.0641 e. The average Bonchev–Trinajstić information content (AvgIpc) is 2.58. The number of methoxy groups -OCH3 is 1. The van der Waals surface area contributed by atoms with Crippen LogP contribution in [0.2, 0.25) is 5.02 Å². The number of hydrogen-bond acceptors (Lipinski definition) is 1. The molecule has 0 fully saturated rings. The Labute approximate surface area is 102 Å². The van der Waals surface area contributed by atoms with E-state index in [9.17, 15) is 0 Å². The number of benzene rings is 1. The van der Waals surface area contributed by atoms with Crippen LogP contribution in [0.5, 0.6) is 0 Å². The van der Waals surface area contributed by atoms with Gasteiger partial charge in [0.2, 0.25) is 0 Å². The van der Waals surface area contributed by atoms with Gasteiger partial charge in [0, 0.05) is 34.7 Å². The fourth-order valence-electron chi connectivity index (χ4n) is 1.60. The molecule has 15 heavy (non-hydrogen) atoms. The lowest BCUT2D eigenvalue weighted by Crippen LogP contribution is -2.02. The van der Waals surface area contributed by atoms with E-state index in [1.54, 1.807) is 7.11 Å². The predicted octanol–water partition coefficient (Wildman–Crippen LogP) is 3.70. The minimum absolute atomic E-state index is 0.702. The van der Waals surface area contributed by atoms with Gasteiger partial charge in [-0.3, -0.25) is 0 Å². The summed E-state index contributed by atoms with van der Waals surface area (Å²) in [5, 5.41) is 1.92. The van der Waals surface area contributed by atoms with Crippen LogP contribution in [-0.2, 0) is 11.3 Å². The summed E-state index contributed by atoms with van der Waals surface area (Å²) in [4.78, 5) is 0. The van der Waals surface area contributed by atoms with Gasteiger partial charge >= 0.3 is 0 Å². The van der Waals surface area contributed by atoms with Crippen LogP contribution in [0.3, 0.4) is 0 Å². The fourth-order valence-corrected chi connectivity index (χ4v) is 2.53. The van der Waals surface area contributed by atoms with Gasteiger partial charge in [-0.1, -0.05) is 27.5 Å². The van der Waals surface area contributed by atoms with Gasteiger partial charge in [-0.05, 0) is 18.2 Å². The van der Waals surface area contributed by atoms with Crippen molar-refractivity contribution in [3.8, 4) is 0 Å². The zero-order chi connectivity index (χ0) is 10.8. The molecule has 2 rings (SSSR count). The number of ether oxygens (including phenoxy) is 1. The minimum atomic E-state index is 0.702. The molecule has 0 N–H and O–H groups in total. The van der Waals surface area contributed by atoms with E-state index >= 15 is 0 Å². The Morgan fingerprint density at radius 1 is 1.47 bits per heavy atom. The van der Waals surface area contributed by atoms with Crippen LogP contribution in [0.4, 0.5) is 0 Å². The van der Waals surface area contributed by atoms with E-state index in [1.807, 2.05) is 18.3 Å². The van der Waals surface area contributed by atoms with Crippen LogP contribution in [0.1, 0.15) is 0 Å². The minimum Gasteiger partial charge on any atom is -0.383 e. The first-order valence-electron chi connectivity index (χ1n) is 4.65. The van der Waals surface area contributed by atoms with Gasteiger partial charge in [0.1, 0.15) is 0 Å². The van der Waals surface area contributed by atoms with E-state index in [1.165, 1.54) is 5.39 Å². The molecule has 0 radical (unpaired) electrons. The second kappa shape index (κ2) is 4.56. The molecule has 0 saturated carbocycles. The van der Waals surface area contributed by atoms with Crippen molar-refractivity contribution < 1.29 is 4.74 Å². The third-order valence-electron chi connectivity index (χ3n) is 2.34. The van der Waals surface area contributed by atoms with E-state index in [-0.39, 0.29) is 0 Å². The molecular formula is C11H11BrClNO. The zero-order valence-corrected chi connectivity index (χ0v) is 10.7. The van der Waals surface area contributed by atoms with E-state index in [4.69, 9.17) is 16.3 Å². The van der Waals surface area contributed by atoms with Gasteiger partial charge in [0.15, 0.2) is 0 Å². The van der Waals surface area contributed by atoms with Crippen molar-refractivity contribution >= 4 is 38.4 Å². The Morgan fingerprint density at radius 3 is 3.00 bits per heavy atom. The molecule has 1 heterocycles. The maximum absolute atomic E-state index is 6.01. The number of aromatic nitrogens is 1. The Bertz CT molecular complexity index is 481. The molecule has 0 saturated heterocycles. The lowest BCUT2D eigenvalue weighted by Gasteiger charge is -2.05. The zero-order valence-electron chi connectivity index (χ0n) is 8.34. The van der Waals surface area contributed by atoms with E-state index in [0.717, 1.165) is 21.6 Å². The quantitative estimate of drug-likeness (QED) is 0.840. The highest BCUT2D eigenvalue weighted by Crippen LogP contribution is 2.28. The molecule has 0 atom stereocenters. The third kappa shape index (κ3) is 2.19. The van der Waals surface area contributed by atoms with Gasteiger partial charge < -0.3 is 9.30 Å². The van der Waals surface area contributed by atoms with E-state index in [2.05, 4.69) is 26.6 Å². The Morgan fingerprint density at radius 2 is 2.27 bits per heavy atom. The van der Waals surface area contributed by atoms with Crippen LogP contribution in [0.25, 0.3) is 10.9 Å². The first-order chi connectivity index (χ1) is 7.22. The van der Waals surface area contributed by atoms with Gasteiger partial charge in [0.05, 0.1) is 12.1 Å². The highest BCUT2D eigenvalue weighted by Gasteiger charge is 2.05. The lowest BCUT2D eigenvalue weighted by atomic mass is 10.2. The molecule has 1 aromatic heterocycles. The fraction of sp³-hybridized carbons (Fsp3) is 0.273. The number of fused-ring (bicyclic) bond motifs is 1. The molecule has 2 nitrogen and oxygen atoms in total. The van der Waals surface area contributed by atoms with Gasteiger partial charge in [-0.2, -0.15) is 0 Å². The van der Waals surface area contributed by atoms with Crippen LogP contribution in [-0.4, -0.2) is 18.3 Å². The number of nitrogens with zero attached hydrogens (tertiary/aromatic N) is 1. The topological polar surface area (TPSA) is 14.2 Å². The SMILES string of the molecule is COCCn1ccc2c(Br)cc(Cl)cc21. The monoisotopic (exact) mass is 287 g/mol. The average molecular weight is 289 g/mol. The largest absolute Gasteiger partial charge is 0.383 e. The molecule has 0 spiro atoms. The van der Waals surface area contributed by atoms with Crippen LogP contribution < -0.4 is 0 Å². The molecule has 0 aliphatic rings. The van der Waals surface area contributed by atoms with Crippen LogP contribution in [0, 0.1) is 0 Å². The van der Waals surface area contributed by atoms with Crippen LogP contribution >= 0.6 is 27.5 Å². The summed E-state index contributed by atoms with van der Waals surface area (Å²) in [7, 11) is 1.70. The van der Waals surface area contributed by atoms with E-state index in [0.29, 0.717) is 6.61 Å². The van der Waals surface area contributed by atoms with Crippen LogP contribution in [0.15, 0.2) is 28.9 Å². The first kappa shape index (κ1) is 11.0. The maximum atomic E-state index is 6.01. The summed E-state index contributed by atoms with van der Waals surface area (Å²) in [6.07, 6.45) is 2.05. The Hall–Kier alpha value is -0.510. The molecule has 0 aliphatic carbocycles. The van der Waals surface area contributed by atoms with Crippen molar-refractivity contribution in [2.45, 2.75) is 6.54 Å².